The minimum atomic E-state index is -0.457. The maximum absolute atomic E-state index is 14.2. The first kappa shape index (κ1) is 16.9. The number of amides is 1. The Hall–Kier alpha value is -2.54. The summed E-state index contributed by atoms with van der Waals surface area (Å²) in [5, 5.41) is 7.73. The largest absolute Gasteiger partial charge is 0.336 e. The second-order valence-corrected chi connectivity index (χ2v) is 7.04. The van der Waals surface area contributed by atoms with Crippen LogP contribution in [0.15, 0.2) is 35.1 Å². The number of aryl methyl sites for hydroxylation is 1. The monoisotopic (exact) mass is 356 g/mol. The van der Waals surface area contributed by atoms with E-state index in [4.69, 9.17) is 0 Å². The Bertz CT molecular complexity index is 911. The van der Waals surface area contributed by atoms with Crippen molar-refractivity contribution in [3.8, 4) is 5.69 Å². The van der Waals surface area contributed by atoms with Crippen molar-refractivity contribution in [3.63, 3.8) is 0 Å². The van der Waals surface area contributed by atoms with Crippen LogP contribution in [0.25, 0.3) is 5.69 Å². The molecule has 26 heavy (non-hydrogen) atoms. The molecule has 0 aliphatic carbocycles. The van der Waals surface area contributed by atoms with E-state index in [9.17, 15) is 14.0 Å². The van der Waals surface area contributed by atoms with Crippen molar-refractivity contribution in [2.45, 2.75) is 38.3 Å². The number of carbonyl (C=O) groups is 1. The summed E-state index contributed by atoms with van der Waals surface area (Å²) in [7, 11) is 0. The van der Waals surface area contributed by atoms with E-state index in [1.54, 1.807) is 30.0 Å². The molecule has 4 rings (SSSR count). The molecule has 1 N–H and O–H groups in total. The van der Waals surface area contributed by atoms with Crippen LogP contribution in [0.5, 0.6) is 0 Å². The zero-order valence-corrected chi connectivity index (χ0v) is 14.6. The standard InChI is InChI=1S/C19H21FN4O2/c1-12-10-17(25)18(22-24(12)16-5-3-2-4-15(16)20)19(26)23-9-8-13-6-7-14(11-23)21-13/h2-5,10,13-14,21H,6-9,11H2,1H3. The van der Waals surface area contributed by atoms with Gasteiger partial charge in [-0.25, -0.2) is 9.07 Å². The Morgan fingerprint density at radius 3 is 2.81 bits per heavy atom. The molecule has 7 heteroatoms. The molecule has 2 fully saturated rings. The van der Waals surface area contributed by atoms with Gasteiger partial charge in [0.05, 0.1) is 0 Å². The first-order chi connectivity index (χ1) is 12.5. The highest BCUT2D eigenvalue weighted by Crippen LogP contribution is 2.21. The fraction of sp³-hybridized carbons (Fsp3) is 0.421. The number of halogens is 1. The van der Waals surface area contributed by atoms with Crippen LogP contribution in [0.3, 0.4) is 0 Å². The SMILES string of the molecule is Cc1cc(=O)c(C(=O)N2CCC3CCC(C2)N3)nn1-c1ccccc1F. The topological polar surface area (TPSA) is 67.2 Å². The number of hydrogen-bond donors (Lipinski definition) is 1. The first-order valence-corrected chi connectivity index (χ1v) is 8.94. The molecule has 1 aromatic carbocycles. The molecule has 2 bridgehead atoms. The number of aromatic nitrogens is 2. The summed E-state index contributed by atoms with van der Waals surface area (Å²) in [4.78, 5) is 27.1. The Kier molecular flexibility index (Phi) is 4.32. The minimum Gasteiger partial charge on any atom is -0.336 e. The van der Waals surface area contributed by atoms with Crippen LogP contribution in [0.2, 0.25) is 0 Å². The molecule has 1 amide bonds. The lowest BCUT2D eigenvalue weighted by molar-refractivity contribution is 0.0738. The average molecular weight is 356 g/mol. The number of likely N-dealkylation sites (tertiary alicyclic amines) is 1. The molecular weight excluding hydrogens is 335 g/mol. The van der Waals surface area contributed by atoms with Crippen molar-refractivity contribution in [1.82, 2.24) is 20.0 Å². The van der Waals surface area contributed by atoms with E-state index in [0.717, 1.165) is 19.3 Å². The van der Waals surface area contributed by atoms with Crippen molar-refractivity contribution in [2.24, 2.45) is 0 Å². The number of carbonyl (C=O) groups excluding carboxylic acids is 1. The van der Waals surface area contributed by atoms with Gasteiger partial charge in [-0.05, 0) is 38.3 Å². The number of fused-ring (bicyclic) bond motifs is 2. The number of benzene rings is 1. The fourth-order valence-corrected chi connectivity index (χ4v) is 3.84. The third-order valence-corrected chi connectivity index (χ3v) is 5.20. The van der Waals surface area contributed by atoms with Gasteiger partial charge in [-0.3, -0.25) is 9.59 Å². The predicted molar refractivity (Wildman–Crippen MR) is 95.0 cm³/mol. The van der Waals surface area contributed by atoms with Gasteiger partial charge in [0.25, 0.3) is 5.91 Å². The molecule has 6 nitrogen and oxygen atoms in total. The van der Waals surface area contributed by atoms with E-state index in [-0.39, 0.29) is 23.3 Å². The van der Waals surface area contributed by atoms with E-state index >= 15 is 0 Å². The lowest BCUT2D eigenvalue weighted by Gasteiger charge is -2.24. The van der Waals surface area contributed by atoms with Gasteiger partial charge in [0.2, 0.25) is 5.43 Å². The number of hydrogen-bond acceptors (Lipinski definition) is 4. The number of nitrogens with zero attached hydrogens (tertiary/aromatic N) is 3. The molecular formula is C19H21FN4O2. The minimum absolute atomic E-state index is 0.156. The first-order valence-electron chi connectivity index (χ1n) is 8.94. The summed E-state index contributed by atoms with van der Waals surface area (Å²) in [6.07, 6.45) is 3.04. The van der Waals surface area contributed by atoms with Crippen molar-refractivity contribution < 1.29 is 9.18 Å². The van der Waals surface area contributed by atoms with Crippen molar-refractivity contribution >= 4 is 5.91 Å². The molecule has 1 aromatic heterocycles. The lowest BCUT2D eigenvalue weighted by atomic mass is 10.1. The summed E-state index contributed by atoms with van der Waals surface area (Å²) < 4.78 is 15.5. The van der Waals surface area contributed by atoms with Gasteiger partial charge in [-0.1, -0.05) is 12.1 Å². The van der Waals surface area contributed by atoms with Crippen molar-refractivity contribution in [2.75, 3.05) is 13.1 Å². The van der Waals surface area contributed by atoms with Crippen LogP contribution < -0.4 is 10.7 Å². The van der Waals surface area contributed by atoms with E-state index < -0.39 is 11.2 Å². The summed E-state index contributed by atoms with van der Waals surface area (Å²) >= 11 is 0. The van der Waals surface area contributed by atoms with Gasteiger partial charge < -0.3 is 10.2 Å². The van der Waals surface area contributed by atoms with Gasteiger partial charge in [-0.2, -0.15) is 5.10 Å². The van der Waals surface area contributed by atoms with Gasteiger partial charge in [-0.15, -0.1) is 0 Å². The van der Waals surface area contributed by atoms with Crippen LogP contribution in [0.1, 0.15) is 35.4 Å². The van der Waals surface area contributed by atoms with Crippen molar-refractivity contribution in [1.29, 1.82) is 0 Å². The van der Waals surface area contributed by atoms with E-state index in [2.05, 4.69) is 10.4 Å². The molecule has 2 aliphatic heterocycles. The zero-order valence-electron chi connectivity index (χ0n) is 14.6. The van der Waals surface area contributed by atoms with E-state index in [1.165, 1.54) is 16.8 Å². The Labute approximate surface area is 150 Å². The highest BCUT2D eigenvalue weighted by atomic mass is 19.1. The molecule has 136 valence electrons. The molecule has 2 saturated heterocycles. The van der Waals surface area contributed by atoms with Gasteiger partial charge >= 0.3 is 0 Å². The van der Waals surface area contributed by atoms with Crippen LogP contribution in [0.4, 0.5) is 4.39 Å². The summed E-state index contributed by atoms with van der Waals surface area (Å²) in [6, 6.07) is 8.23. The quantitative estimate of drug-likeness (QED) is 0.888. The summed E-state index contributed by atoms with van der Waals surface area (Å²) in [5.74, 6) is -0.837. The summed E-state index contributed by atoms with van der Waals surface area (Å²) in [6.45, 7) is 2.84. The van der Waals surface area contributed by atoms with E-state index in [0.29, 0.717) is 24.8 Å². The lowest BCUT2D eigenvalue weighted by Crippen LogP contribution is -2.41. The zero-order chi connectivity index (χ0) is 18.3. The van der Waals surface area contributed by atoms with Gasteiger partial charge in [0.1, 0.15) is 11.5 Å². The maximum atomic E-state index is 14.2. The molecule has 0 radical (unpaired) electrons. The molecule has 0 spiro atoms. The second kappa shape index (κ2) is 6.64. The molecule has 3 heterocycles. The fourth-order valence-electron chi connectivity index (χ4n) is 3.84. The van der Waals surface area contributed by atoms with Crippen LogP contribution in [-0.4, -0.2) is 45.8 Å². The van der Waals surface area contributed by atoms with Gasteiger partial charge in [0.15, 0.2) is 5.69 Å². The Morgan fingerprint density at radius 2 is 2.00 bits per heavy atom. The molecule has 0 saturated carbocycles. The van der Waals surface area contributed by atoms with Crippen LogP contribution in [0, 0.1) is 12.7 Å². The maximum Gasteiger partial charge on any atom is 0.278 e. The number of nitrogens with one attached hydrogen (secondary N) is 1. The highest BCUT2D eigenvalue weighted by molar-refractivity contribution is 5.92. The van der Waals surface area contributed by atoms with E-state index in [1.807, 2.05) is 0 Å². The van der Waals surface area contributed by atoms with Gasteiger partial charge in [0, 0.05) is 36.9 Å². The molecule has 2 atom stereocenters. The summed E-state index contributed by atoms with van der Waals surface area (Å²) in [5.41, 5.74) is 0.114. The smallest absolute Gasteiger partial charge is 0.278 e. The molecule has 2 aromatic rings. The molecule has 2 aliphatic rings. The average Bonchev–Trinajstić information content (AvgIpc) is 2.94. The van der Waals surface area contributed by atoms with Crippen LogP contribution in [-0.2, 0) is 0 Å². The number of para-hydroxylation sites is 1. The third-order valence-electron chi connectivity index (χ3n) is 5.20. The highest BCUT2D eigenvalue weighted by Gasteiger charge is 2.32. The molecule has 2 unspecified atom stereocenters. The number of rotatable bonds is 2. The Balaban J connectivity index is 1.70. The Morgan fingerprint density at radius 1 is 1.23 bits per heavy atom. The normalized spacial score (nSPS) is 22.3. The second-order valence-electron chi connectivity index (χ2n) is 7.04. The van der Waals surface area contributed by atoms with Crippen molar-refractivity contribution in [3.05, 3.63) is 57.8 Å². The third kappa shape index (κ3) is 3.03. The van der Waals surface area contributed by atoms with Crippen LogP contribution >= 0.6 is 0 Å². The predicted octanol–water partition coefficient (Wildman–Crippen LogP) is 1.65.